The van der Waals surface area contributed by atoms with Gasteiger partial charge in [0.2, 0.25) is 4.77 Å². The van der Waals surface area contributed by atoms with E-state index in [0.29, 0.717) is 16.5 Å². The van der Waals surface area contributed by atoms with Crippen LogP contribution < -0.4 is 4.74 Å². The van der Waals surface area contributed by atoms with Crippen LogP contribution in [0.1, 0.15) is 19.8 Å². The molecule has 3 aromatic rings. The first-order valence-electron chi connectivity index (χ1n) is 9.88. The van der Waals surface area contributed by atoms with Crippen LogP contribution in [-0.4, -0.2) is 39.4 Å². The number of rotatable bonds is 5. The van der Waals surface area contributed by atoms with Crippen LogP contribution in [0.4, 0.5) is 0 Å². The van der Waals surface area contributed by atoms with Gasteiger partial charge in [-0.15, -0.1) is 5.10 Å². The zero-order valence-corrected chi connectivity index (χ0v) is 18.3. The molecule has 1 fully saturated rings. The highest BCUT2D eigenvalue weighted by Crippen LogP contribution is 2.31. The fourth-order valence-corrected chi connectivity index (χ4v) is 4.14. The highest BCUT2D eigenvalue weighted by Gasteiger charge is 2.21. The third-order valence-corrected chi connectivity index (χ3v) is 6.13. The van der Waals surface area contributed by atoms with Gasteiger partial charge in [0, 0.05) is 18.1 Å². The fraction of sp³-hybridized carbons (Fsp3) is 0.364. The van der Waals surface area contributed by atoms with E-state index < -0.39 is 0 Å². The molecular weight excluding hydrogens is 404 g/mol. The maximum Gasteiger partial charge on any atom is 0.204 e. The van der Waals surface area contributed by atoms with E-state index in [-0.39, 0.29) is 0 Å². The third kappa shape index (κ3) is 4.25. The molecule has 4 rings (SSSR count). The predicted octanol–water partition coefficient (Wildman–Crippen LogP) is 5.42. The van der Waals surface area contributed by atoms with Crippen molar-refractivity contribution < 1.29 is 4.74 Å². The van der Waals surface area contributed by atoms with Crippen LogP contribution >= 0.6 is 23.8 Å². The predicted molar refractivity (Wildman–Crippen MR) is 119 cm³/mol. The Morgan fingerprint density at radius 1 is 1.10 bits per heavy atom. The molecule has 2 aromatic carbocycles. The number of likely N-dealkylation sites (tertiary alicyclic amines) is 1. The molecule has 0 bridgehead atoms. The van der Waals surface area contributed by atoms with Gasteiger partial charge in [-0.05, 0) is 67.4 Å². The smallest absolute Gasteiger partial charge is 0.204 e. The average molecular weight is 429 g/mol. The Balaban J connectivity index is 1.80. The quantitative estimate of drug-likeness (QED) is 0.508. The molecule has 1 aliphatic rings. The SMILES string of the molecule is COc1ccccc1-c1nn(CN2CCC(C)CC2)c(=S)n1-c1ccc(Cl)cc1. The molecule has 1 aliphatic heterocycles. The number of nitrogens with zero attached hydrogens (tertiary/aromatic N) is 4. The summed E-state index contributed by atoms with van der Waals surface area (Å²) in [5, 5.41) is 5.61. The van der Waals surface area contributed by atoms with E-state index in [2.05, 4.69) is 11.8 Å². The van der Waals surface area contributed by atoms with Gasteiger partial charge < -0.3 is 4.74 Å². The Morgan fingerprint density at radius 3 is 2.48 bits per heavy atom. The number of benzene rings is 2. The summed E-state index contributed by atoms with van der Waals surface area (Å²) in [5.74, 6) is 2.32. The van der Waals surface area contributed by atoms with Gasteiger partial charge >= 0.3 is 0 Å². The number of ether oxygens (including phenoxy) is 1. The number of hydrogen-bond acceptors (Lipinski definition) is 4. The van der Waals surface area contributed by atoms with Crippen molar-refractivity contribution in [1.29, 1.82) is 0 Å². The first kappa shape index (κ1) is 20.1. The molecule has 1 aromatic heterocycles. The Kier molecular flexibility index (Phi) is 6.04. The standard InChI is InChI=1S/C22H25ClN4OS/c1-16-11-13-25(14-12-16)15-26-22(29)27(18-9-7-17(23)8-10-18)21(24-26)19-5-3-4-6-20(19)28-2/h3-10,16H,11-15H2,1-2H3. The number of halogens is 1. The van der Waals surface area contributed by atoms with Gasteiger partial charge in [0.1, 0.15) is 5.75 Å². The van der Waals surface area contributed by atoms with Crippen molar-refractivity contribution in [3.63, 3.8) is 0 Å². The summed E-state index contributed by atoms with van der Waals surface area (Å²) < 4.78 is 10.2. The van der Waals surface area contributed by atoms with Gasteiger partial charge in [0.15, 0.2) is 5.82 Å². The monoisotopic (exact) mass is 428 g/mol. The van der Waals surface area contributed by atoms with Crippen LogP contribution in [0.5, 0.6) is 5.75 Å². The minimum Gasteiger partial charge on any atom is -0.496 e. The zero-order valence-electron chi connectivity index (χ0n) is 16.7. The first-order chi connectivity index (χ1) is 14.1. The fourth-order valence-electron chi connectivity index (χ4n) is 3.72. The number of hydrogen-bond donors (Lipinski definition) is 0. The van der Waals surface area contributed by atoms with Crippen LogP contribution in [0.2, 0.25) is 5.02 Å². The van der Waals surface area contributed by atoms with Crippen molar-refractivity contribution in [2.24, 2.45) is 5.92 Å². The third-order valence-electron chi connectivity index (χ3n) is 5.48. The van der Waals surface area contributed by atoms with Gasteiger partial charge in [-0.1, -0.05) is 30.7 Å². The molecule has 0 spiro atoms. The first-order valence-corrected chi connectivity index (χ1v) is 10.7. The van der Waals surface area contributed by atoms with Gasteiger partial charge in [0.25, 0.3) is 0 Å². The Labute approximate surface area is 181 Å². The maximum absolute atomic E-state index is 6.11. The minimum absolute atomic E-state index is 0.659. The van der Waals surface area contributed by atoms with Crippen molar-refractivity contribution in [3.8, 4) is 22.8 Å². The van der Waals surface area contributed by atoms with E-state index in [0.717, 1.165) is 41.8 Å². The van der Waals surface area contributed by atoms with E-state index in [9.17, 15) is 0 Å². The summed E-state index contributed by atoms with van der Waals surface area (Å²) >= 11 is 12.0. The molecule has 0 saturated carbocycles. The second kappa shape index (κ2) is 8.69. The van der Waals surface area contributed by atoms with Crippen LogP contribution in [0.15, 0.2) is 48.5 Å². The highest BCUT2D eigenvalue weighted by molar-refractivity contribution is 7.71. The summed E-state index contributed by atoms with van der Waals surface area (Å²) in [6.07, 6.45) is 2.43. The Morgan fingerprint density at radius 2 is 1.79 bits per heavy atom. The van der Waals surface area contributed by atoms with Crippen molar-refractivity contribution >= 4 is 23.8 Å². The normalized spacial score (nSPS) is 15.6. The van der Waals surface area contributed by atoms with Crippen LogP contribution in [-0.2, 0) is 6.67 Å². The lowest BCUT2D eigenvalue weighted by Gasteiger charge is -2.29. The van der Waals surface area contributed by atoms with E-state index in [1.54, 1.807) is 7.11 Å². The molecular formula is C22H25ClN4OS. The van der Waals surface area contributed by atoms with Crippen molar-refractivity contribution in [1.82, 2.24) is 19.2 Å². The number of para-hydroxylation sites is 1. The summed E-state index contributed by atoms with van der Waals surface area (Å²) in [6, 6.07) is 15.6. The molecule has 2 heterocycles. The topological polar surface area (TPSA) is 35.2 Å². The lowest BCUT2D eigenvalue weighted by molar-refractivity contribution is 0.146. The van der Waals surface area contributed by atoms with Crippen molar-refractivity contribution in [2.45, 2.75) is 26.4 Å². The molecule has 0 N–H and O–H groups in total. The summed E-state index contributed by atoms with van der Waals surface area (Å²) in [4.78, 5) is 2.42. The minimum atomic E-state index is 0.659. The van der Waals surface area contributed by atoms with Crippen molar-refractivity contribution in [2.75, 3.05) is 20.2 Å². The van der Waals surface area contributed by atoms with Crippen LogP contribution in [0.3, 0.4) is 0 Å². The molecule has 5 nitrogen and oxygen atoms in total. The lowest BCUT2D eigenvalue weighted by atomic mass is 10.00. The van der Waals surface area contributed by atoms with Crippen LogP contribution in [0.25, 0.3) is 17.1 Å². The molecule has 1 saturated heterocycles. The van der Waals surface area contributed by atoms with Gasteiger partial charge in [-0.2, -0.15) is 0 Å². The summed E-state index contributed by atoms with van der Waals surface area (Å²) in [6.45, 7) is 5.15. The van der Waals surface area contributed by atoms with E-state index in [4.69, 9.17) is 33.7 Å². The molecule has 152 valence electrons. The number of aromatic nitrogens is 3. The van der Waals surface area contributed by atoms with E-state index in [1.807, 2.05) is 57.8 Å². The highest BCUT2D eigenvalue weighted by atomic mass is 35.5. The molecule has 0 atom stereocenters. The van der Waals surface area contributed by atoms with Gasteiger partial charge in [-0.25, -0.2) is 4.68 Å². The lowest BCUT2D eigenvalue weighted by Crippen LogP contribution is -2.34. The van der Waals surface area contributed by atoms with Crippen molar-refractivity contribution in [3.05, 3.63) is 58.3 Å². The van der Waals surface area contributed by atoms with Crippen LogP contribution in [0, 0.1) is 10.7 Å². The molecule has 7 heteroatoms. The Bertz CT molecular complexity index is 1040. The number of piperidine rings is 1. The molecule has 0 aliphatic carbocycles. The van der Waals surface area contributed by atoms with Gasteiger partial charge in [0.05, 0.1) is 25.0 Å². The summed E-state index contributed by atoms with van der Waals surface area (Å²) in [7, 11) is 1.67. The largest absolute Gasteiger partial charge is 0.496 e. The molecule has 0 amide bonds. The number of methoxy groups -OCH3 is 1. The Hall–Kier alpha value is -2.15. The molecule has 29 heavy (non-hydrogen) atoms. The molecule has 0 radical (unpaired) electrons. The maximum atomic E-state index is 6.11. The summed E-state index contributed by atoms with van der Waals surface area (Å²) in [5.41, 5.74) is 1.83. The average Bonchev–Trinajstić information content (AvgIpc) is 3.06. The van der Waals surface area contributed by atoms with Gasteiger partial charge in [-0.3, -0.25) is 9.47 Å². The molecule has 0 unspecified atom stereocenters. The second-order valence-electron chi connectivity index (χ2n) is 7.56. The zero-order chi connectivity index (χ0) is 20.4. The van der Waals surface area contributed by atoms with E-state index in [1.165, 1.54) is 12.8 Å². The van der Waals surface area contributed by atoms with E-state index >= 15 is 0 Å². The second-order valence-corrected chi connectivity index (χ2v) is 8.36.